The number of thioether (sulfide) groups is 1. The van der Waals surface area contributed by atoms with Crippen LogP contribution in [0, 0.1) is 6.92 Å². The van der Waals surface area contributed by atoms with Crippen LogP contribution in [-0.4, -0.2) is 41.0 Å². The van der Waals surface area contributed by atoms with Crippen molar-refractivity contribution >= 4 is 45.0 Å². The smallest absolute Gasteiger partial charge is 0.208 e. The van der Waals surface area contributed by atoms with Gasteiger partial charge in [0.25, 0.3) is 0 Å². The first-order valence-electron chi connectivity index (χ1n) is 8.54. The molecular weight excluding hydrogens is 370 g/mol. The number of rotatable bonds is 7. The topological polar surface area (TPSA) is 77.2 Å². The van der Waals surface area contributed by atoms with Crippen molar-refractivity contribution in [3.63, 3.8) is 0 Å². The molecule has 1 fully saturated rings. The molecule has 4 rings (SSSR count). The first kappa shape index (κ1) is 17.5. The van der Waals surface area contributed by atoms with Gasteiger partial charge in [-0.2, -0.15) is 0 Å². The summed E-state index contributed by atoms with van der Waals surface area (Å²) < 4.78 is 12.1. The number of para-hydroxylation sites is 1. The molecular formula is C18H19N3O3S2. The number of hydrogen-bond donors (Lipinski definition) is 1. The number of aryl methyl sites for hydroxylation is 1. The molecule has 1 saturated heterocycles. The number of hydrogen-bond acceptors (Lipinski definition) is 8. The summed E-state index contributed by atoms with van der Waals surface area (Å²) in [5.74, 6) is 0.675. The molecule has 26 heavy (non-hydrogen) atoms. The molecule has 3 aromatic rings. The number of nitrogens with zero attached hydrogens (tertiary/aromatic N) is 2. The molecule has 1 atom stereocenters. The maximum Gasteiger partial charge on any atom is 0.208 e. The molecule has 6 nitrogen and oxygen atoms in total. The summed E-state index contributed by atoms with van der Waals surface area (Å²) in [5.41, 5.74) is 1.64. The Kier molecular flexibility index (Phi) is 5.23. The number of Topliss-reactive ketones (excluding diaryl/α,β-unsaturated/α-hetero) is 1. The van der Waals surface area contributed by atoms with Gasteiger partial charge in [0.2, 0.25) is 10.9 Å². The highest BCUT2D eigenvalue weighted by molar-refractivity contribution is 8.01. The van der Waals surface area contributed by atoms with E-state index in [9.17, 15) is 4.79 Å². The molecule has 3 heterocycles. The molecule has 1 aromatic carbocycles. The van der Waals surface area contributed by atoms with E-state index in [-0.39, 0.29) is 17.6 Å². The van der Waals surface area contributed by atoms with Gasteiger partial charge in [-0.1, -0.05) is 41.3 Å². The van der Waals surface area contributed by atoms with Crippen LogP contribution in [0.2, 0.25) is 0 Å². The standard InChI is InChI=1S/C18H19N3O3S2/c1-11-13-6-2-3-7-15(13)24-16(11)14(22)10-25-18-21-20-17(26-18)19-9-12-5-4-8-23-12/h2-3,6-7,12H,4-5,8-10H2,1H3,(H,19,20)/t12-/m1/s1. The zero-order valence-electron chi connectivity index (χ0n) is 14.4. The molecule has 0 bridgehead atoms. The number of benzene rings is 1. The fourth-order valence-corrected chi connectivity index (χ4v) is 4.60. The second kappa shape index (κ2) is 7.77. The molecule has 0 unspecified atom stereocenters. The van der Waals surface area contributed by atoms with E-state index < -0.39 is 0 Å². The normalized spacial score (nSPS) is 17.0. The maximum absolute atomic E-state index is 12.5. The van der Waals surface area contributed by atoms with Crippen molar-refractivity contribution < 1.29 is 13.9 Å². The van der Waals surface area contributed by atoms with E-state index in [1.54, 1.807) is 0 Å². The summed E-state index contributed by atoms with van der Waals surface area (Å²) in [6, 6.07) is 7.69. The van der Waals surface area contributed by atoms with Crippen LogP contribution < -0.4 is 5.32 Å². The minimum Gasteiger partial charge on any atom is -0.453 e. The average Bonchev–Trinajstić information content (AvgIpc) is 3.39. The number of fused-ring (bicyclic) bond motifs is 1. The lowest BCUT2D eigenvalue weighted by molar-refractivity contribution is 0.0993. The highest BCUT2D eigenvalue weighted by Gasteiger charge is 2.19. The largest absolute Gasteiger partial charge is 0.453 e. The monoisotopic (exact) mass is 389 g/mol. The summed E-state index contributed by atoms with van der Waals surface area (Å²) in [6.45, 7) is 3.51. The van der Waals surface area contributed by atoms with Crippen LogP contribution in [-0.2, 0) is 4.74 Å². The van der Waals surface area contributed by atoms with Gasteiger partial charge in [-0.15, -0.1) is 10.2 Å². The third kappa shape index (κ3) is 3.77. The Labute approximate surface area is 159 Å². The summed E-state index contributed by atoms with van der Waals surface area (Å²) in [7, 11) is 0. The van der Waals surface area contributed by atoms with E-state index in [2.05, 4.69) is 15.5 Å². The van der Waals surface area contributed by atoms with Crippen LogP contribution in [0.5, 0.6) is 0 Å². The summed E-state index contributed by atoms with van der Waals surface area (Å²) in [5, 5.41) is 13.3. The van der Waals surface area contributed by atoms with Crippen molar-refractivity contribution in [2.45, 2.75) is 30.2 Å². The first-order chi connectivity index (χ1) is 12.7. The van der Waals surface area contributed by atoms with Crippen LogP contribution in [0.25, 0.3) is 11.0 Å². The molecule has 0 amide bonds. The molecule has 136 valence electrons. The van der Waals surface area contributed by atoms with Gasteiger partial charge in [0.15, 0.2) is 10.1 Å². The van der Waals surface area contributed by atoms with E-state index in [0.717, 1.165) is 52.0 Å². The number of ketones is 1. The van der Waals surface area contributed by atoms with Crippen LogP contribution >= 0.6 is 23.1 Å². The highest BCUT2D eigenvalue weighted by atomic mass is 32.2. The van der Waals surface area contributed by atoms with E-state index in [1.807, 2.05) is 31.2 Å². The van der Waals surface area contributed by atoms with Gasteiger partial charge in [0, 0.05) is 24.1 Å². The van der Waals surface area contributed by atoms with Gasteiger partial charge in [-0.3, -0.25) is 4.79 Å². The Morgan fingerprint density at radius 2 is 2.27 bits per heavy atom. The summed E-state index contributed by atoms with van der Waals surface area (Å²) in [6.07, 6.45) is 2.46. The number of carbonyl (C=O) groups is 1. The molecule has 0 spiro atoms. The molecule has 1 N–H and O–H groups in total. The minimum absolute atomic E-state index is 0.0345. The van der Waals surface area contributed by atoms with Gasteiger partial charge in [-0.25, -0.2) is 0 Å². The molecule has 0 saturated carbocycles. The number of ether oxygens (including phenoxy) is 1. The second-order valence-corrected chi connectivity index (χ2v) is 8.35. The van der Waals surface area contributed by atoms with E-state index in [0.29, 0.717) is 5.76 Å². The van der Waals surface area contributed by atoms with E-state index in [1.165, 1.54) is 23.1 Å². The van der Waals surface area contributed by atoms with Crippen LogP contribution in [0.15, 0.2) is 33.0 Å². The fraction of sp³-hybridized carbons (Fsp3) is 0.389. The van der Waals surface area contributed by atoms with Crippen molar-refractivity contribution in [3.05, 3.63) is 35.6 Å². The SMILES string of the molecule is Cc1c(C(=O)CSc2nnc(NC[C@H]3CCCO3)s2)oc2ccccc12. The predicted octanol–water partition coefficient (Wildman–Crippen LogP) is 4.16. The summed E-state index contributed by atoms with van der Waals surface area (Å²) in [4.78, 5) is 12.5. The highest BCUT2D eigenvalue weighted by Crippen LogP contribution is 2.29. The van der Waals surface area contributed by atoms with E-state index >= 15 is 0 Å². The number of nitrogens with one attached hydrogen (secondary N) is 1. The maximum atomic E-state index is 12.5. The minimum atomic E-state index is -0.0345. The Morgan fingerprint density at radius 3 is 3.08 bits per heavy atom. The predicted molar refractivity (Wildman–Crippen MR) is 103 cm³/mol. The van der Waals surface area contributed by atoms with Gasteiger partial charge < -0.3 is 14.5 Å². The lowest BCUT2D eigenvalue weighted by Crippen LogP contribution is -2.18. The van der Waals surface area contributed by atoms with Gasteiger partial charge in [0.1, 0.15) is 5.58 Å². The molecule has 8 heteroatoms. The van der Waals surface area contributed by atoms with Crippen molar-refractivity contribution in [2.24, 2.45) is 0 Å². The summed E-state index contributed by atoms with van der Waals surface area (Å²) >= 11 is 2.84. The van der Waals surface area contributed by atoms with Crippen molar-refractivity contribution in [2.75, 3.05) is 24.2 Å². The average molecular weight is 390 g/mol. The lowest BCUT2D eigenvalue weighted by Gasteiger charge is -2.08. The fourth-order valence-electron chi connectivity index (χ4n) is 2.98. The Bertz CT molecular complexity index is 915. The number of furan rings is 1. The molecule has 2 aromatic heterocycles. The van der Waals surface area contributed by atoms with Gasteiger partial charge in [0.05, 0.1) is 11.9 Å². The third-order valence-corrected chi connectivity index (χ3v) is 6.35. The molecule has 1 aliphatic heterocycles. The van der Waals surface area contributed by atoms with Gasteiger partial charge in [-0.05, 0) is 25.8 Å². The molecule has 1 aliphatic rings. The number of anilines is 1. The number of aromatic nitrogens is 2. The number of carbonyl (C=O) groups excluding carboxylic acids is 1. The Balaban J connectivity index is 1.34. The Morgan fingerprint density at radius 1 is 1.38 bits per heavy atom. The lowest BCUT2D eigenvalue weighted by atomic mass is 10.1. The second-order valence-electron chi connectivity index (χ2n) is 6.15. The van der Waals surface area contributed by atoms with Crippen molar-refractivity contribution in [1.82, 2.24) is 10.2 Å². The van der Waals surface area contributed by atoms with Crippen LogP contribution in [0.3, 0.4) is 0 Å². The first-order valence-corrected chi connectivity index (χ1v) is 10.3. The molecule has 0 radical (unpaired) electrons. The quantitative estimate of drug-likeness (QED) is 0.480. The van der Waals surface area contributed by atoms with Crippen molar-refractivity contribution in [1.29, 1.82) is 0 Å². The zero-order chi connectivity index (χ0) is 17.9. The zero-order valence-corrected chi connectivity index (χ0v) is 16.0. The van der Waals surface area contributed by atoms with Crippen molar-refractivity contribution in [3.8, 4) is 0 Å². The molecule has 0 aliphatic carbocycles. The van der Waals surface area contributed by atoms with E-state index in [4.69, 9.17) is 9.15 Å². The Hall–Kier alpha value is -1.90. The third-order valence-electron chi connectivity index (χ3n) is 4.34. The van der Waals surface area contributed by atoms with Crippen LogP contribution in [0.4, 0.5) is 5.13 Å². The van der Waals surface area contributed by atoms with Gasteiger partial charge >= 0.3 is 0 Å². The van der Waals surface area contributed by atoms with Crippen LogP contribution in [0.1, 0.15) is 29.0 Å².